The average molecular weight is 490 g/mol. The largest absolute Gasteiger partial charge is 0.493 e. The Hall–Kier alpha value is -2.87. The summed E-state index contributed by atoms with van der Waals surface area (Å²) < 4.78 is 11.9. The van der Waals surface area contributed by atoms with Gasteiger partial charge in [-0.15, -0.1) is 0 Å². The number of rotatable bonds is 9. The third-order valence-corrected chi connectivity index (χ3v) is 4.85. The molecule has 0 aliphatic heterocycles. The highest BCUT2D eigenvalue weighted by Gasteiger charge is 2.24. The van der Waals surface area contributed by atoms with E-state index >= 15 is 0 Å². The van der Waals surface area contributed by atoms with Gasteiger partial charge >= 0.3 is 0 Å². The summed E-state index contributed by atoms with van der Waals surface area (Å²) in [5, 5.41) is 6.80. The quantitative estimate of drug-likeness (QED) is 0.408. The van der Waals surface area contributed by atoms with Crippen molar-refractivity contribution in [2.45, 2.75) is 39.8 Å². The summed E-state index contributed by atoms with van der Waals surface area (Å²) >= 11 is 3.48. The molecule has 8 heteroatoms. The van der Waals surface area contributed by atoms with Gasteiger partial charge in [-0.3, -0.25) is 9.59 Å². The minimum Gasteiger partial charge on any atom is -0.493 e. The van der Waals surface area contributed by atoms with Crippen LogP contribution in [0.25, 0.3) is 0 Å². The maximum atomic E-state index is 12.6. The highest BCUT2D eigenvalue weighted by atomic mass is 79.9. The number of carbonyl (C=O) groups is 2. The fraction of sp³-hybridized carbons (Fsp3) is 0.348. The van der Waals surface area contributed by atoms with Crippen LogP contribution in [-0.2, 0) is 4.79 Å². The predicted molar refractivity (Wildman–Crippen MR) is 125 cm³/mol. The zero-order chi connectivity index (χ0) is 23.0. The Morgan fingerprint density at radius 3 is 2.35 bits per heavy atom. The van der Waals surface area contributed by atoms with Crippen LogP contribution in [0.1, 0.15) is 43.6 Å². The van der Waals surface area contributed by atoms with Gasteiger partial charge < -0.3 is 14.8 Å². The van der Waals surface area contributed by atoms with Crippen molar-refractivity contribution >= 4 is 34.0 Å². The molecule has 0 bridgehead atoms. The first-order valence-electron chi connectivity index (χ1n) is 9.96. The van der Waals surface area contributed by atoms with Gasteiger partial charge in [0.2, 0.25) is 0 Å². The van der Waals surface area contributed by atoms with E-state index in [0.29, 0.717) is 27.1 Å². The highest BCUT2D eigenvalue weighted by Crippen LogP contribution is 2.36. The number of carbonyl (C=O) groups excluding carboxylic acids is 2. The molecule has 0 aliphatic rings. The predicted octanol–water partition coefficient (Wildman–Crippen LogP) is 4.15. The summed E-state index contributed by atoms with van der Waals surface area (Å²) in [6.07, 6.45) is 1.49. The highest BCUT2D eigenvalue weighted by molar-refractivity contribution is 9.10. The molecule has 0 saturated heterocycles. The average Bonchev–Trinajstić information content (AvgIpc) is 2.73. The summed E-state index contributed by atoms with van der Waals surface area (Å²) in [4.78, 5) is 25.0. The van der Waals surface area contributed by atoms with Crippen molar-refractivity contribution in [1.82, 2.24) is 10.7 Å². The molecule has 166 valence electrons. The van der Waals surface area contributed by atoms with Gasteiger partial charge in [-0.05, 0) is 65.5 Å². The van der Waals surface area contributed by atoms with E-state index < -0.39 is 11.9 Å². The van der Waals surface area contributed by atoms with Crippen molar-refractivity contribution in [2.24, 2.45) is 11.0 Å². The van der Waals surface area contributed by atoms with Gasteiger partial charge in [0.05, 0.1) is 23.9 Å². The standard InChI is InChI=1S/C23H28BrN3O4/c1-14(2)20(26-22(28)17-9-7-6-8-10-17)23(29)27-25-13-16-11-18(24)21(31-15(3)4)19(12-16)30-5/h6-15,20H,1-5H3,(H,26,28)(H,27,29). The molecule has 2 aromatic carbocycles. The number of halogens is 1. The number of hydrogen-bond acceptors (Lipinski definition) is 5. The lowest BCUT2D eigenvalue weighted by Crippen LogP contribution is -2.48. The lowest BCUT2D eigenvalue weighted by Gasteiger charge is -2.20. The fourth-order valence-corrected chi connectivity index (χ4v) is 3.31. The molecule has 0 aromatic heterocycles. The number of benzene rings is 2. The zero-order valence-corrected chi connectivity index (χ0v) is 19.9. The van der Waals surface area contributed by atoms with Gasteiger partial charge in [-0.2, -0.15) is 5.10 Å². The number of nitrogens with zero attached hydrogens (tertiary/aromatic N) is 1. The molecule has 2 aromatic rings. The molecule has 7 nitrogen and oxygen atoms in total. The monoisotopic (exact) mass is 489 g/mol. The zero-order valence-electron chi connectivity index (χ0n) is 18.3. The Labute approximate surface area is 191 Å². The molecule has 0 saturated carbocycles. The van der Waals surface area contributed by atoms with E-state index in [-0.39, 0.29) is 17.9 Å². The van der Waals surface area contributed by atoms with E-state index in [0.717, 1.165) is 0 Å². The third kappa shape index (κ3) is 7.10. The summed E-state index contributed by atoms with van der Waals surface area (Å²) in [5.74, 6) is 0.312. The second-order valence-corrected chi connectivity index (χ2v) is 8.35. The van der Waals surface area contributed by atoms with E-state index in [1.165, 1.54) is 6.21 Å². The Bertz CT molecular complexity index is 930. The molecule has 0 heterocycles. The summed E-state index contributed by atoms with van der Waals surface area (Å²) in [6, 6.07) is 11.6. The summed E-state index contributed by atoms with van der Waals surface area (Å²) in [7, 11) is 1.56. The van der Waals surface area contributed by atoms with E-state index in [2.05, 4.69) is 31.8 Å². The van der Waals surface area contributed by atoms with Crippen LogP contribution < -0.4 is 20.2 Å². The number of hydrazone groups is 1. The van der Waals surface area contributed by atoms with Crippen LogP contribution in [0.15, 0.2) is 52.0 Å². The smallest absolute Gasteiger partial charge is 0.262 e. The lowest BCUT2D eigenvalue weighted by atomic mass is 10.0. The fourth-order valence-electron chi connectivity index (χ4n) is 2.75. The molecule has 0 aliphatic carbocycles. The molecule has 1 atom stereocenters. The minimum absolute atomic E-state index is 0.0110. The Kier molecular flexibility index (Phi) is 9.05. The van der Waals surface area contributed by atoms with Crippen molar-refractivity contribution in [3.63, 3.8) is 0 Å². The van der Waals surface area contributed by atoms with Crippen LogP contribution >= 0.6 is 15.9 Å². The normalized spacial score (nSPS) is 12.1. The third-order valence-electron chi connectivity index (χ3n) is 4.27. The first kappa shape index (κ1) is 24.4. The molecule has 0 spiro atoms. The maximum absolute atomic E-state index is 12.6. The van der Waals surface area contributed by atoms with Crippen molar-refractivity contribution in [3.05, 3.63) is 58.1 Å². The van der Waals surface area contributed by atoms with E-state index in [9.17, 15) is 9.59 Å². The molecule has 31 heavy (non-hydrogen) atoms. The van der Waals surface area contributed by atoms with Gasteiger partial charge in [0, 0.05) is 5.56 Å². The first-order chi connectivity index (χ1) is 14.7. The van der Waals surface area contributed by atoms with E-state index in [4.69, 9.17) is 9.47 Å². The van der Waals surface area contributed by atoms with Crippen LogP contribution in [0.4, 0.5) is 0 Å². The SMILES string of the molecule is COc1cc(C=NNC(=O)C(NC(=O)c2ccccc2)C(C)C)cc(Br)c1OC(C)C. The van der Waals surface area contributed by atoms with Crippen LogP contribution in [0.3, 0.4) is 0 Å². The second kappa shape index (κ2) is 11.5. The molecular weight excluding hydrogens is 462 g/mol. The van der Waals surface area contributed by atoms with Crippen LogP contribution in [0.2, 0.25) is 0 Å². The van der Waals surface area contributed by atoms with Crippen molar-refractivity contribution in [1.29, 1.82) is 0 Å². The molecule has 2 amide bonds. The van der Waals surface area contributed by atoms with Gasteiger partial charge in [-0.25, -0.2) is 5.43 Å². The van der Waals surface area contributed by atoms with Gasteiger partial charge in [-0.1, -0.05) is 32.0 Å². The lowest BCUT2D eigenvalue weighted by molar-refractivity contribution is -0.123. The molecule has 2 N–H and O–H groups in total. The number of nitrogens with one attached hydrogen (secondary N) is 2. The van der Waals surface area contributed by atoms with Gasteiger partial charge in [0.15, 0.2) is 11.5 Å². The molecular formula is C23H28BrN3O4. The Balaban J connectivity index is 2.08. The Morgan fingerprint density at radius 2 is 1.77 bits per heavy atom. The second-order valence-electron chi connectivity index (χ2n) is 7.50. The number of methoxy groups -OCH3 is 1. The number of hydrogen-bond donors (Lipinski definition) is 2. The van der Waals surface area contributed by atoms with Gasteiger partial charge in [0.25, 0.3) is 11.8 Å². The maximum Gasteiger partial charge on any atom is 0.262 e. The van der Waals surface area contributed by atoms with Crippen molar-refractivity contribution < 1.29 is 19.1 Å². The van der Waals surface area contributed by atoms with E-state index in [1.807, 2.05) is 39.8 Å². The number of amides is 2. The molecule has 0 radical (unpaired) electrons. The molecule has 1 unspecified atom stereocenters. The summed E-state index contributed by atoms with van der Waals surface area (Å²) in [5.41, 5.74) is 3.70. The topological polar surface area (TPSA) is 89.0 Å². The van der Waals surface area contributed by atoms with Crippen LogP contribution in [0, 0.1) is 5.92 Å². The first-order valence-corrected chi connectivity index (χ1v) is 10.7. The minimum atomic E-state index is -0.729. The van der Waals surface area contributed by atoms with Crippen LogP contribution in [-0.4, -0.2) is 37.3 Å². The number of ether oxygens (including phenoxy) is 2. The molecule has 2 rings (SSSR count). The van der Waals surface area contributed by atoms with E-state index in [1.54, 1.807) is 37.4 Å². The van der Waals surface area contributed by atoms with Crippen LogP contribution in [0.5, 0.6) is 11.5 Å². The Morgan fingerprint density at radius 1 is 1.10 bits per heavy atom. The summed E-state index contributed by atoms with van der Waals surface area (Å²) in [6.45, 7) is 7.57. The van der Waals surface area contributed by atoms with Crippen molar-refractivity contribution in [2.75, 3.05) is 7.11 Å². The van der Waals surface area contributed by atoms with Gasteiger partial charge in [0.1, 0.15) is 6.04 Å². The molecule has 0 fully saturated rings. The van der Waals surface area contributed by atoms with Crippen molar-refractivity contribution in [3.8, 4) is 11.5 Å².